The van der Waals surface area contributed by atoms with Crippen molar-refractivity contribution >= 4 is 27.2 Å². The molecule has 0 spiro atoms. The van der Waals surface area contributed by atoms with Gasteiger partial charge in [0.1, 0.15) is 5.75 Å². The van der Waals surface area contributed by atoms with E-state index in [2.05, 4.69) is 6.92 Å². The van der Waals surface area contributed by atoms with Gasteiger partial charge in [0.2, 0.25) is 0 Å². The summed E-state index contributed by atoms with van der Waals surface area (Å²) >= 11 is 1.71. The molecular formula is C20H34O4S2. The molecule has 0 amide bonds. The van der Waals surface area contributed by atoms with Gasteiger partial charge in [0, 0.05) is 5.41 Å². The minimum atomic E-state index is -3.74. The summed E-state index contributed by atoms with van der Waals surface area (Å²) in [6.45, 7) is 5.78. The van der Waals surface area contributed by atoms with Crippen LogP contribution in [0.3, 0.4) is 0 Å². The SMILES string of the molecule is CCCCCC(C)(C)C(=O)CS(=O)(=O)OC1CCCCC1.c1ccsc1. The number of Topliss-reactive ketones (excluding diaryl/α,β-unsaturated/α-hetero) is 1. The molecule has 1 heterocycles. The third-order valence-electron chi connectivity index (χ3n) is 4.73. The van der Waals surface area contributed by atoms with Crippen LogP contribution < -0.4 is 0 Å². The molecule has 1 aliphatic rings. The van der Waals surface area contributed by atoms with Crippen LogP contribution in [0.1, 0.15) is 78.6 Å². The zero-order valence-corrected chi connectivity index (χ0v) is 18.0. The van der Waals surface area contributed by atoms with E-state index in [9.17, 15) is 13.2 Å². The van der Waals surface area contributed by atoms with Crippen LogP contribution in [0, 0.1) is 5.41 Å². The van der Waals surface area contributed by atoms with Gasteiger partial charge in [-0.1, -0.05) is 71.4 Å². The quantitative estimate of drug-likeness (QED) is 0.399. The van der Waals surface area contributed by atoms with Gasteiger partial charge < -0.3 is 0 Å². The minimum absolute atomic E-state index is 0.222. The molecule has 1 aromatic heterocycles. The first-order valence-corrected chi connectivity index (χ1v) is 12.2. The molecule has 0 radical (unpaired) electrons. The minimum Gasteiger partial charge on any atom is -0.298 e. The van der Waals surface area contributed by atoms with Gasteiger partial charge in [-0.15, -0.1) is 0 Å². The van der Waals surface area contributed by atoms with Crippen LogP contribution >= 0.6 is 11.3 Å². The maximum absolute atomic E-state index is 12.3. The van der Waals surface area contributed by atoms with E-state index in [1.165, 1.54) is 0 Å². The molecular weight excluding hydrogens is 368 g/mol. The molecule has 0 saturated heterocycles. The van der Waals surface area contributed by atoms with E-state index in [0.29, 0.717) is 0 Å². The van der Waals surface area contributed by atoms with E-state index in [1.54, 1.807) is 11.3 Å². The molecule has 6 heteroatoms. The van der Waals surface area contributed by atoms with Crippen LogP contribution in [-0.2, 0) is 19.1 Å². The van der Waals surface area contributed by atoms with E-state index in [-0.39, 0.29) is 11.9 Å². The Kier molecular flexibility index (Phi) is 10.7. The molecule has 1 aromatic rings. The molecule has 1 saturated carbocycles. The second-order valence-electron chi connectivity index (χ2n) is 7.62. The average Bonchev–Trinajstić information content (AvgIpc) is 3.14. The summed E-state index contributed by atoms with van der Waals surface area (Å²) in [4.78, 5) is 12.3. The summed E-state index contributed by atoms with van der Waals surface area (Å²) in [5, 5.41) is 4.08. The first-order valence-electron chi connectivity index (χ1n) is 9.68. The lowest BCUT2D eigenvalue weighted by atomic mass is 9.83. The molecule has 4 nitrogen and oxygen atoms in total. The second kappa shape index (κ2) is 11.9. The summed E-state index contributed by atoms with van der Waals surface area (Å²) in [7, 11) is -3.74. The van der Waals surface area contributed by atoms with Gasteiger partial charge in [-0.2, -0.15) is 19.8 Å². The van der Waals surface area contributed by atoms with Crippen molar-refractivity contribution in [2.24, 2.45) is 5.41 Å². The van der Waals surface area contributed by atoms with Gasteiger partial charge >= 0.3 is 0 Å². The number of hydrogen-bond donors (Lipinski definition) is 0. The van der Waals surface area contributed by atoms with E-state index in [4.69, 9.17) is 4.18 Å². The lowest BCUT2D eigenvalue weighted by molar-refractivity contribution is -0.125. The highest BCUT2D eigenvalue weighted by Gasteiger charge is 2.32. The Hall–Kier alpha value is -0.720. The first kappa shape index (κ1) is 23.3. The molecule has 0 aliphatic heterocycles. The molecule has 1 aliphatic carbocycles. The van der Waals surface area contributed by atoms with Crippen molar-refractivity contribution in [3.63, 3.8) is 0 Å². The zero-order valence-electron chi connectivity index (χ0n) is 16.4. The Labute approximate surface area is 163 Å². The number of rotatable bonds is 9. The molecule has 0 bridgehead atoms. The summed E-state index contributed by atoms with van der Waals surface area (Å²) in [5.74, 6) is -0.711. The molecule has 0 N–H and O–H groups in total. The molecule has 1 fully saturated rings. The van der Waals surface area contributed by atoms with E-state index >= 15 is 0 Å². The highest BCUT2D eigenvalue weighted by molar-refractivity contribution is 7.87. The van der Waals surface area contributed by atoms with Crippen LogP contribution in [0.15, 0.2) is 22.9 Å². The molecule has 0 atom stereocenters. The number of hydrogen-bond acceptors (Lipinski definition) is 5. The maximum atomic E-state index is 12.3. The van der Waals surface area contributed by atoms with Crippen LogP contribution in [0.25, 0.3) is 0 Å². The van der Waals surface area contributed by atoms with Crippen LogP contribution in [0.2, 0.25) is 0 Å². The van der Waals surface area contributed by atoms with Gasteiger partial charge in [-0.3, -0.25) is 8.98 Å². The van der Waals surface area contributed by atoms with Crippen LogP contribution in [0.4, 0.5) is 0 Å². The predicted molar refractivity (Wildman–Crippen MR) is 109 cm³/mol. The first-order chi connectivity index (χ1) is 12.3. The highest BCUT2D eigenvalue weighted by atomic mass is 32.2. The van der Waals surface area contributed by atoms with E-state index in [1.807, 2.05) is 36.7 Å². The topological polar surface area (TPSA) is 60.4 Å². The molecule has 2 rings (SSSR count). The summed E-state index contributed by atoms with van der Waals surface area (Å²) in [6.07, 6.45) is 8.36. The van der Waals surface area contributed by atoms with Crippen molar-refractivity contribution in [1.82, 2.24) is 0 Å². The largest absolute Gasteiger partial charge is 0.298 e. The lowest BCUT2D eigenvalue weighted by Crippen LogP contribution is -2.33. The zero-order chi connectivity index (χ0) is 19.5. The molecule has 0 unspecified atom stereocenters. The Bertz CT molecular complexity index is 568. The highest BCUT2D eigenvalue weighted by Crippen LogP contribution is 2.27. The Morgan fingerprint density at radius 3 is 2.23 bits per heavy atom. The van der Waals surface area contributed by atoms with Gasteiger partial charge in [-0.25, -0.2) is 0 Å². The summed E-state index contributed by atoms with van der Waals surface area (Å²) in [6, 6.07) is 4.04. The van der Waals surface area contributed by atoms with Crippen molar-refractivity contribution in [3.05, 3.63) is 22.9 Å². The summed E-state index contributed by atoms with van der Waals surface area (Å²) < 4.78 is 29.3. The monoisotopic (exact) mass is 402 g/mol. The number of unbranched alkanes of at least 4 members (excludes halogenated alkanes) is 2. The van der Waals surface area contributed by atoms with Crippen molar-refractivity contribution in [1.29, 1.82) is 0 Å². The normalized spacial score (nSPS) is 16.0. The van der Waals surface area contributed by atoms with Gasteiger partial charge in [0.05, 0.1) is 6.10 Å². The van der Waals surface area contributed by atoms with Crippen molar-refractivity contribution in [3.8, 4) is 0 Å². The average molecular weight is 403 g/mol. The predicted octanol–water partition coefficient (Wildman–Crippen LogP) is 5.59. The number of ketones is 1. The smallest absolute Gasteiger partial charge is 0.274 e. The fraction of sp³-hybridized carbons (Fsp3) is 0.750. The van der Waals surface area contributed by atoms with Crippen molar-refractivity contribution < 1.29 is 17.4 Å². The third kappa shape index (κ3) is 9.83. The van der Waals surface area contributed by atoms with Crippen molar-refractivity contribution in [2.45, 2.75) is 84.7 Å². The molecule has 26 heavy (non-hydrogen) atoms. The molecule has 0 aromatic carbocycles. The number of carbonyl (C=O) groups is 1. The van der Waals surface area contributed by atoms with Gasteiger partial charge in [0.15, 0.2) is 5.78 Å². The third-order valence-corrected chi connectivity index (χ3v) is 6.54. The fourth-order valence-electron chi connectivity index (χ4n) is 2.94. The van der Waals surface area contributed by atoms with Gasteiger partial charge in [0.25, 0.3) is 10.1 Å². The fourth-order valence-corrected chi connectivity index (χ4v) is 4.78. The maximum Gasteiger partial charge on any atom is 0.274 e. The molecule has 150 valence electrons. The van der Waals surface area contributed by atoms with Crippen LogP contribution in [0.5, 0.6) is 0 Å². The standard InChI is InChI=1S/C16H30O4S.C4H4S/c1-4-5-9-12-16(2,3)15(17)13-21(18,19)20-14-10-7-6-8-11-14;1-2-4-5-3-1/h14H,4-13H2,1-3H3;1-4H. The second-order valence-corrected chi connectivity index (χ2v) is 10.0. The number of thiophene rings is 1. The Morgan fingerprint density at radius 2 is 1.73 bits per heavy atom. The number of carbonyl (C=O) groups excluding carboxylic acids is 1. The van der Waals surface area contributed by atoms with E-state index in [0.717, 1.165) is 57.8 Å². The summed E-state index contributed by atoms with van der Waals surface area (Å²) in [5.41, 5.74) is -0.585. The van der Waals surface area contributed by atoms with Crippen molar-refractivity contribution in [2.75, 3.05) is 5.75 Å². The van der Waals surface area contributed by atoms with Gasteiger partial charge in [-0.05, 0) is 30.0 Å². The van der Waals surface area contributed by atoms with Crippen LogP contribution in [-0.4, -0.2) is 26.1 Å². The Balaban J connectivity index is 0.000000577. The lowest BCUT2D eigenvalue weighted by Gasteiger charge is -2.25. The van der Waals surface area contributed by atoms with E-state index < -0.39 is 21.3 Å². The Morgan fingerprint density at radius 1 is 1.12 bits per heavy atom.